The maximum Gasteiger partial charge on any atom is 0.250 e. The van der Waals surface area contributed by atoms with Gasteiger partial charge in [0.1, 0.15) is 12.1 Å². The van der Waals surface area contributed by atoms with E-state index in [-0.39, 0.29) is 6.04 Å². The van der Waals surface area contributed by atoms with Crippen LogP contribution in [-0.2, 0) is 0 Å². The van der Waals surface area contributed by atoms with Crippen molar-refractivity contribution in [2.45, 2.75) is 24.8 Å². The second kappa shape index (κ2) is 7.91. The van der Waals surface area contributed by atoms with Crippen LogP contribution in [0.5, 0.6) is 0 Å². The second-order valence-corrected chi connectivity index (χ2v) is 8.09. The second-order valence-electron chi connectivity index (χ2n) is 8.09. The molecule has 4 N–H and O–H groups in total. The Morgan fingerprint density at radius 3 is 2.77 bits per heavy atom. The summed E-state index contributed by atoms with van der Waals surface area (Å²) in [6.07, 6.45) is 4.03. The summed E-state index contributed by atoms with van der Waals surface area (Å²) in [5.41, 5.74) is 9.17. The molecule has 2 atom stereocenters. The first-order valence-corrected chi connectivity index (χ1v) is 10.6. The summed E-state index contributed by atoms with van der Waals surface area (Å²) in [5.74, 6) is 0.582. The minimum absolute atomic E-state index is 0.189. The molecule has 0 aliphatic carbocycles. The van der Waals surface area contributed by atoms with Crippen molar-refractivity contribution >= 4 is 28.3 Å². The number of rotatable bonds is 5. The number of hydrogen-bond acceptors (Lipinski definition) is 6. The van der Waals surface area contributed by atoms with Crippen LogP contribution < -0.4 is 21.3 Å². The highest BCUT2D eigenvalue weighted by Crippen LogP contribution is 2.31. The summed E-state index contributed by atoms with van der Waals surface area (Å²) >= 11 is 0. The third kappa shape index (κ3) is 3.45. The zero-order valence-corrected chi connectivity index (χ0v) is 16.8. The Balaban J connectivity index is 1.44. The molecule has 0 unspecified atom stereocenters. The molecular weight excluding hydrogens is 376 g/mol. The van der Waals surface area contributed by atoms with Gasteiger partial charge in [0.2, 0.25) is 0 Å². The van der Waals surface area contributed by atoms with Crippen molar-refractivity contribution in [3.8, 4) is 0 Å². The molecule has 3 heterocycles. The monoisotopic (exact) mass is 402 g/mol. The molecule has 1 amide bonds. The predicted octanol–water partition coefficient (Wildman–Crippen LogP) is 2.50. The number of nitrogens with zero attached hydrogens (tertiary/aromatic N) is 3. The van der Waals surface area contributed by atoms with E-state index in [1.165, 1.54) is 30.4 Å². The van der Waals surface area contributed by atoms with Gasteiger partial charge < -0.3 is 21.3 Å². The van der Waals surface area contributed by atoms with Crippen LogP contribution in [-0.4, -0.2) is 48.1 Å². The summed E-state index contributed by atoms with van der Waals surface area (Å²) in [6, 6.07) is 14.6. The van der Waals surface area contributed by atoms with Crippen LogP contribution in [0.4, 0.5) is 11.5 Å². The van der Waals surface area contributed by atoms with E-state index in [0.29, 0.717) is 17.0 Å². The fraction of sp³-hybridized carbons (Fsp3) is 0.348. The van der Waals surface area contributed by atoms with Crippen molar-refractivity contribution in [3.63, 3.8) is 0 Å². The van der Waals surface area contributed by atoms with Gasteiger partial charge in [0.25, 0.3) is 5.91 Å². The smallest absolute Gasteiger partial charge is 0.250 e. The number of carbonyl (C=O) groups excluding carboxylic acids is 1. The number of carbonyl (C=O) groups is 1. The van der Waals surface area contributed by atoms with Crippen molar-refractivity contribution in [1.29, 1.82) is 0 Å². The fourth-order valence-corrected chi connectivity index (χ4v) is 4.69. The lowest BCUT2D eigenvalue weighted by molar-refractivity contribution is 0.100. The van der Waals surface area contributed by atoms with Crippen LogP contribution in [0.15, 0.2) is 48.8 Å². The molecule has 3 aromatic rings. The molecule has 154 valence electrons. The van der Waals surface area contributed by atoms with Crippen molar-refractivity contribution in [2.75, 3.05) is 36.4 Å². The zero-order chi connectivity index (χ0) is 20.5. The number of benzene rings is 2. The highest BCUT2D eigenvalue weighted by Gasteiger charge is 2.30. The minimum Gasteiger partial charge on any atom is -0.372 e. The quantitative estimate of drug-likeness (QED) is 0.607. The third-order valence-electron chi connectivity index (χ3n) is 6.24. The number of nitrogens with one attached hydrogen (secondary N) is 2. The van der Waals surface area contributed by atoms with E-state index >= 15 is 0 Å². The van der Waals surface area contributed by atoms with Crippen LogP contribution in [0.25, 0.3) is 10.9 Å². The van der Waals surface area contributed by atoms with Gasteiger partial charge in [-0.2, -0.15) is 0 Å². The highest BCUT2D eigenvalue weighted by atomic mass is 16.1. The highest BCUT2D eigenvalue weighted by molar-refractivity contribution is 6.06. The molecule has 2 aliphatic rings. The number of anilines is 2. The van der Waals surface area contributed by atoms with Crippen molar-refractivity contribution < 1.29 is 4.79 Å². The van der Waals surface area contributed by atoms with E-state index in [4.69, 9.17) is 5.73 Å². The van der Waals surface area contributed by atoms with Crippen LogP contribution in [0, 0.1) is 0 Å². The van der Waals surface area contributed by atoms with Crippen LogP contribution in [0.1, 0.15) is 34.7 Å². The van der Waals surface area contributed by atoms with E-state index in [1.54, 1.807) is 6.07 Å². The molecule has 5 rings (SSSR count). The number of fused-ring (bicyclic) bond motifs is 1. The standard InChI is InChI=1S/C23H26N6O/c24-22(30)17-7-4-8-18-21(17)26-14-27-23(18)28-20-13-25-12-19(20)15-5-3-6-16(11-15)29-9-1-2-10-29/h3-8,11,14,19-20,25H,1-2,9-10,12-13H2,(H2,24,30)(H,26,27,28)/t19-,20+/m1/s1. The van der Waals surface area contributed by atoms with Gasteiger partial charge >= 0.3 is 0 Å². The molecular formula is C23H26N6O. The zero-order valence-electron chi connectivity index (χ0n) is 16.8. The van der Waals surface area contributed by atoms with E-state index in [1.807, 2.05) is 12.1 Å². The molecule has 7 heteroatoms. The van der Waals surface area contributed by atoms with Gasteiger partial charge in [0.05, 0.1) is 11.1 Å². The summed E-state index contributed by atoms with van der Waals surface area (Å²) in [4.78, 5) is 23.0. The maximum absolute atomic E-state index is 11.8. The maximum atomic E-state index is 11.8. The van der Waals surface area contributed by atoms with Gasteiger partial charge in [-0.15, -0.1) is 0 Å². The van der Waals surface area contributed by atoms with E-state index in [0.717, 1.165) is 37.4 Å². The SMILES string of the molecule is NC(=O)c1cccc2c(N[C@H]3CNC[C@@H]3c3cccc(N4CCCC4)c3)ncnc12. The largest absolute Gasteiger partial charge is 0.372 e. The van der Waals surface area contributed by atoms with Crippen molar-refractivity contribution in [3.05, 3.63) is 59.9 Å². The number of primary amides is 1. The van der Waals surface area contributed by atoms with Crippen molar-refractivity contribution in [1.82, 2.24) is 15.3 Å². The predicted molar refractivity (Wildman–Crippen MR) is 119 cm³/mol. The number of amides is 1. The average Bonchev–Trinajstić information content (AvgIpc) is 3.46. The lowest BCUT2D eigenvalue weighted by Crippen LogP contribution is -2.28. The van der Waals surface area contributed by atoms with Gasteiger partial charge in [-0.05, 0) is 42.7 Å². The summed E-state index contributed by atoms with van der Waals surface area (Å²) in [7, 11) is 0. The van der Waals surface area contributed by atoms with Gasteiger partial charge in [-0.3, -0.25) is 4.79 Å². The molecule has 0 bridgehead atoms. The lowest BCUT2D eigenvalue weighted by atomic mass is 9.93. The fourth-order valence-electron chi connectivity index (χ4n) is 4.69. The molecule has 0 radical (unpaired) electrons. The van der Waals surface area contributed by atoms with Gasteiger partial charge in [-0.1, -0.05) is 18.2 Å². The van der Waals surface area contributed by atoms with Gasteiger partial charge in [0.15, 0.2) is 0 Å². The molecule has 0 spiro atoms. The van der Waals surface area contributed by atoms with Gasteiger partial charge in [0, 0.05) is 49.2 Å². The topological polar surface area (TPSA) is 96.2 Å². The van der Waals surface area contributed by atoms with Gasteiger partial charge in [-0.25, -0.2) is 9.97 Å². The molecule has 7 nitrogen and oxygen atoms in total. The Bertz CT molecular complexity index is 1080. The third-order valence-corrected chi connectivity index (χ3v) is 6.24. The lowest BCUT2D eigenvalue weighted by Gasteiger charge is -2.24. The minimum atomic E-state index is -0.482. The summed E-state index contributed by atoms with van der Waals surface area (Å²) < 4.78 is 0. The molecule has 0 saturated carbocycles. The Morgan fingerprint density at radius 1 is 1.10 bits per heavy atom. The number of aromatic nitrogens is 2. The van der Waals surface area contributed by atoms with E-state index in [2.05, 4.69) is 49.8 Å². The number of hydrogen-bond donors (Lipinski definition) is 3. The normalized spacial score (nSPS) is 21.3. The van der Waals surface area contributed by atoms with Crippen LogP contribution in [0.2, 0.25) is 0 Å². The first-order chi connectivity index (χ1) is 14.7. The van der Waals surface area contributed by atoms with Crippen LogP contribution in [0.3, 0.4) is 0 Å². The van der Waals surface area contributed by atoms with E-state index < -0.39 is 5.91 Å². The molecule has 2 aliphatic heterocycles. The van der Waals surface area contributed by atoms with Crippen LogP contribution >= 0.6 is 0 Å². The molecule has 2 aromatic carbocycles. The first-order valence-electron chi connectivity index (χ1n) is 10.6. The number of para-hydroxylation sites is 1. The Hall–Kier alpha value is -3.19. The average molecular weight is 403 g/mol. The molecule has 2 fully saturated rings. The summed E-state index contributed by atoms with van der Waals surface area (Å²) in [6.45, 7) is 4.04. The molecule has 1 aromatic heterocycles. The number of nitrogens with two attached hydrogens (primary N) is 1. The van der Waals surface area contributed by atoms with Crippen molar-refractivity contribution in [2.24, 2.45) is 5.73 Å². The molecule has 30 heavy (non-hydrogen) atoms. The van der Waals surface area contributed by atoms with E-state index in [9.17, 15) is 4.79 Å². The molecule has 2 saturated heterocycles. The Morgan fingerprint density at radius 2 is 1.93 bits per heavy atom. The Kier molecular flexibility index (Phi) is 4.96. The Labute approximate surface area is 175 Å². The summed E-state index contributed by atoms with van der Waals surface area (Å²) in [5, 5.41) is 7.93. The first kappa shape index (κ1) is 18.8.